The van der Waals surface area contributed by atoms with Gasteiger partial charge in [0.15, 0.2) is 0 Å². The highest BCUT2D eigenvalue weighted by Crippen LogP contribution is 2.32. The molecule has 1 aromatic heterocycles. The normalized spacial score (nSPS) is 11.7. The fourth-order valence-corrected chi connectivity index (χ4v) is 2.35. The van der Waals surface area contributed by atoms with Crippen LogP contribution in [0.15, 0.2) is 18.3 Å². The third kappa shape index (κ3) is 3.05. The van der Waals surface area contributed by atoms with Crippen LogP contribution in [-0.4, -0.2) is 4.98 Å². The Kier molecular flexibility index (Phi) is 4.31. The van der Waals surface area contributed by atoms with Gasteiger partial charge in [0.1, 0.15) is 0 Å². The summed E-state index contributed by atoms with van der Waals surface area (Å²) in [4.78, 5) is 4.55. The van der Waals surface area contributed by atoms with E-state index in [0.717, 1.165) is 0 Å². The van der Waals surface area contributed by atoms with Crippen molar-refractivity contribution in [3.63, 3.8) is 0 Å². The minimum atomic E-state index is 0.273. The topological polar surface area (TPSA) is 12.9 Å². The van der Waals surface area contributed by atoms with Crippen LogP contribution in [0.4, 0.5) is 0 Å². The van der Waals surface area contributed by atoms with Gasteiger partial charge in [-0.1, -0.05) is 33.6 Å². The van der Waals surface area contributed by atoms with Gasteiger partial charge in [-0.25, -0.2) is 0 Å². The van der Waals surface area contributed by atoms with E-state index in [-0.39, 0.29) is 5.41 Å². The zero-order valence-electron chi connectivity index (χ0n) is 10.5. The summed E-state index contributed by atoms with van der Waals surface area (Å²) in [5.74, 6) is 0. The molecule has 0 fully saturated rings. The van der Waals surface area contributed by atoms with E-state index in [1.54, 1.807) is 0 Å². The second kappa shape index (κ2) is 5.29. The molecule has 0 saturated carbocycles. The van der Waals surface area contributed by atoms with Crippen LogP contribution in [0.25, 0.3) is 0 Å². The molecule has 15 heavy (non-hydrogen) atoms. The summed E-state index contributed by atoms with van der Waals surface area (Å²) in [5, 5.41) is 0. The van der Waals surface area contributed by atoms with Crippen molar-refractivity contribution < 1.29 is 0 Å². The smallest absolute Gasteiger partial charge is 0.0465 e. The zero-order chi connectivity index (χ0) is 11.3. The Bertz CT molecular complexity index is 298. The molecule has 0 N–H and O–H groups in total. The van der Waals surface area contributed by atoms with Gasteiger partial charge in [0.2, 0.25) is 0 Å². The minimum absolute atomic E-state index is 0.273. The molecule has 0 saturated heterocycles. The molecule has 84 valence electrons. The van der Waals surface area contributed by atoms with Crippen molar-refractivity contribution in [2.75, 3.05) is 0 Å². The lowest BCUT2D eigenvalue weighted by molar-refractivity contribution is 0.381. The quantitative estimate of drug-likeness (QED) is 0.700. The average Bonchev–Trinajstić information content (AvgIpc) is 2.18. The van der Waals surface area contributed by atoms with Crippen LogP contribution in [-0.2, 0) is 5.41 Å². The molecule has 1 rings (SSSR count). The van der Waals surface area contributed by atoms with Crippen LogP contribution in [0.2, 0.25) is 0 Å². The maximum atomic E-state index is 4.55. The summed E-state index contributed by atoms with van der Waals surface area (Å²) in [6.07, 6.45) is 6.86. The van der Waals surface area contributed by atoms with E-state index in [4.69, 9.17) is 0 Å². The molecular formula is C14H23N. The predicted octanol–water partition coefficient (Wildman–Crippen LogP) is 4.25. The molecule has 0 aromatic carbocycles. The molecule has 0 bridgehead atoms. The van der Waals surface area contributed by atoms with Crippen molar-refractivity contribution in [3.05, 3.63) is 29.6 Å². The highest BCUT2D eigenvalue weighted by molar-refractivity contribution is 5.21. The number of rotatable bonds is 5. The fourth-order valence-electron chi connectivity index (χ4n) is 2.35. The van der Waals surface area contributed by atoms with Crippen LogP contribution in [0, 0.1) is 6.92 Å². The third-order valence-electron chi connectivity index (χ3n) is 3.14. The first-order valence-electron chi connectivity index (χ1n) is 6.05. The Morgan fingerprint density at radius 2 is 1.80 bits per heavy atom. The second-order valence-electron chi connectivity index (χ2n) is 4.78. The maximum absolute atomic E-state index is 4.55. The molecule has 0 spiro atoms. The lowest BCUT2D eigenvalue weighted by Crippen LogP contribution is -2.23. The van der Waals surface area contributed by atoms with E-state index in [2.05, 4.69) is 44.8 Å². The summed E-state index contributed by atoms with van der Waals surface area (Å²) in [5.41, 5.74) is 2.86. The van der Waals surface area contributed by atoms with Crippen LogP contribution < -0.4 is 0 Å². The number of hydrogen-bond acceptors (Lipinski definition) is 1. The Hall–Kier alpha value is -0.850. The van der Waals surface area contributed by atoms with Crippen LogP contribution in [0.3, 0.4) is 0 Å². The Morgan fingerprint density at radius 1 is 1.20 bits per heavy atom. The summed E-state index contributed by atoms with van der Waals surface area (Å²) in [7, 11) is 0. The van der Waals surface area contributed by atoms with E-state index in [0.29, 0.717) is 0 Å². The molecule has 1 nitrogen and oxygen atoms in total. The predicted molar refractivity (Wildman–Crippen MR) is 66.1 cm³/mol. The van der Waals surface area contributed by atoms with Gasteiger partial charge in [-0.05, 0) is 37.5 Å². The molecule has 0 unspecified atom stereocenters. The van der Waals surface area contributed by atoms with Crippen LogP contribution >= 0.6 is 0 Å². The molecule has 0 aliphatic carbocycles. The Morgan fingerprint density at radius 3 is 2.27 bits per heavy atom. The van der Waals surface area contributed by atoms with Crippen LogP contribution in [0.5, 0.6) is 0 Å². The molecule has 0 amide bonds. The van der Waals surface area contributed by atoms with E-state index in [1.807, 2.05) is 6.20 Å². The van der Waals surface area contributed by atoms with Gasteiger partial charge in [0.05, 0.1) is 0 Å². The van der Waals surface area contributed by atoms with Gasteiger partial charge in [-0.2, -0.15) is 0 Å². The highest BCUT2D eigenvalue weighted by atomic mass is 14.7. The van der Waals surface area contributed by atoms with E-state index in [1.165, 1.54) is 36.9 Å². The van der Waals surface area contributed by atoms with Crippen molar-refractivity contribution in [2.45, 2.75) is 58.8 Å². The Labute approximate surface area is 93.9 Å². The van der Waals surface area contributed by atoms with Crippen LogP contribution in [0.1, 0.15) is 57.7 Å². The van der Waals surface area contributed by atoms with Crippen molar-refractivity contribution in [2.24, 2.45) is 0 Å². The van der Waals surface area contributed by atoms with Gasteiger partial charge >= 0.3 is 0 Å². The number of aryl methyl sites for hydroxylation is 1. The number of aromatic nitrogens is 1. The van der Waals surface area contributed by atoms with Gasteiger partial charge in [0.25, 0.3) is 0 Å². The van der Waals surface area contributed by atoms with Crippen molar-refractivity contribution in [3.8, 4) is 0 Å². The standard InChI is InChI=1S/C14H23N/c1-5-8-14(4,9-6-2)13-11-12(3)7-10-15-13/h7,10-11H,5-6,8-9H2,1-4H3. The first kappa shape index (κ1) is 12.2. The molecule has 1 heterocycles. The first-order valence-corrected chi connectivity index (χ1v) is 6.05. The molecule has 1 heteroatoms. The van der Waals surface area contributed by atoms with Gasteiger partial charge < -0.3 is 0 Å². The van der Waals surface area contributed by atoms with E-state index in [9.17, 15) is 0 Å². The molecule has 0 atom stereocenters. The monoisotopic (exact) mass is 205 g/mol. The SMILES string of the molecule is CCCC(C)(CCC)c1cc(C)ccn1. The summed E-state index contributed by atoms with van der Waals surface area (Å²) < 4.78 is 0. The summed E-state index contributed by atoms with van der Waals surface area (Å²) in [6, 6.07) is 4.31. The first-order chi connectivity index (χ1) is 7.12. The fraction of sp³-hybridized carbons (Fsp3) is 0.643. The lowest BCUT2D eigenvalue weighted by atomic mass is 9.78. The molecule has 1 aromatic rings. The van der Waals surface area contributed by atoms with E-state index < -0.39 is 0 Å². The molecular weight excluding hydrogens is 182 g/mol. The minimum Gasteiger partial charge on any atom is -0.261 e. The zero-order valence-corrected chi connectivity index (χ0v) is 10.5. The largest absolute Gasteiger partial charge is 0.261 e. The van der Waals surface area contributed by atoms with Gasteiger partial charge in [-0.15, -0.1) is 0 Å². The third-order valence-corrected chi connectivity index (χ3v) is 3.14. The van der Waals surface area contributed by atoms with Crippen molar-refractivity contribution in [1.82, 2.24) is 4.98 Å². The van der Waals surface area contributed by atoms with Crippen molar-refractivity contribution >= 4 is 0 Å². The Balaban J connectivity index is 2.97. The summed E-state index contributed by atoms with van der Waals surface area (Å²) in [6.45, 7) is 9.00. The summed E-state index contributed by atoms with van der Waals surface area (Å²) >= 11 is 0. The van der Waals surface area contributed by atoms with Gasteiger partial charge in [-0.3, -0.25) is 4.98 Å². The average molecular weight is 205 g/mol. The van der Waals surface area contributed by atoms with Crippen molar-refractivity contribution in [1.29, 1.82) is 0 Å². The molecule has 0 aliphatic rings. The number of pyridine rings is 1. The molecule has 0 radical (unpaired) electrons. The lowest BCUT2D eigenvalue weighted by Gasteiger charge is -2.28. The molecule has 0 aliphatic heterocycles. The second-order valence-corrected chi connectivity index (χ2v) is 4.78. The number of nitrogens with zero attached hydrogens (tertiary/aromatic N) is 1. The number of hydrogen-bond donors (Lipinski definition) is 0. The maximum Gasteiger partial charge on any atom is 0.0465 e. The highest BCUT2D eigenvalue weighted by Gasteiger charge is 2.25. The van der Waals surface area contributed by atoms with E-state index >= 15 is 0 Å². The van der Waals surface area contributed by atoms with Gasteiger partial charge in [0, 0.05) is 17.3 Å².